The highest BCUT2D eigenvalue weighted by molar-refractivity contribution is 5.77. The fourth-order valence-corrected chi connectivity index (χ4v) is 1.47. The minimum absolute atomic E-state index is 0.0884. The molecule has 0 fully saturated rings. The van der Waals surface area contributed by atoms with Crippen LogP contribution in [0.2, 0.25) is 0 Å². The molecule has 0 aliphatic rings. The van der Waals surface area contributed by atoms with Crippen molar-refractivity contribution in [1.82, 2.24) is 4.90 Å². The summed E-state index contributed by atoms with van der Waals surface area (Å²) in [6, 6.07) is 4.25. The van der Waals surface area contributed by atoms with Crippen molar-refractivity contribution in [3.05, 3.63) is 29.6 Å². The Labute approximate surface area is 112 Å². The Hall–Kier alpha value is -1.62. The minimum Gasteiger partial charge on any atom is -0.484 e. The van der Waals surface area contributed by atoms with Crippen LogP contribution in [-0.2, 0) is 4.79 Å². The van der Waals surface area contributed by atoms with Crippen LogP contribution in [0.5, 0.6) is 5.75 Å². The normalized spacial score (nSPS) is 12.4. The summed E-state index contributed by atoms with van der Waals surface area (Å²) in [6.45, 7) is 5.15. The van der Waals surface area contributed by atoms with Gasteiger partial charge in [-0.05, 0) is 32.9 Å². The monoisotopic (exact) mass is 269 g/mol. The highest BCUT2D eigenvalue weighted by Crippen LogP contribution is 2.21. The van der Waals surface area contributed by atoms with Crippen LogP contribution in [0.15, 0.2) is 18.2 Å². The number of aliphatic hydroxyl groups excluding tert-OH is 1. The summed E-state index contributed by atoms with van der Waals surface area (Å²) in [4.78, 5) is 13.2. The summed E-state index contributed by atoms with van der Waals surface area (Å²) >= 11 is 0. The molecule has 0 saturated carbocycles. The minimum atomic E-state index is -0.872. The standard InChI is InChI=1S/C14H20FNO3/c1-9(2)16(4)14(18)8-19-11-5-6-12(10(3)17)13(15)7-11/h5-7,9-10,17H,8H2,1-4H3/t10-/m0/s1. The molecule has 1 aromatic rings. The van der Waals surface area contributed by atoms with E-state index < -0.39 is 11.9 Å². The number of amides is 1. The van der Waals surface area contributed by atoms with Crippen molar-refractivity contribution in [1.29, 1.82) is 0 Å². The molecule has 0 spiro atoms. The number of hydrogen-bond donors (Lipinski definition) is 1. The maximum atomic E-state index is 13.6. The molecule has 1 rings (SSSR count). The lowest BCUT2D eigenvalue weighted by atomic mass is 10.1. The number of halogens is 1. The van der Waals surface area contributed by atoms with Crippen molar-refractivity contribution in [2.45, 2.75) is 32.9 Å². The first-order valence-electron chi connectivity index (χ1n) is 6.19. The average molecular weight is 269 g/mol. The zero-order valence-electron chi connectivity index (χ0n) is 11.7. The van der Waals surface area contributed by atoms with Crippen LogP contribution in [0.3, 0.4) is 0 Å². The molecule has 0 unspecified atom stereocenters. The van der Waals surface area contributed by atoms with Gasteiger partial charge in [0, 0.05) is 24.7 Å². The number of likely N-dealkylation sites (N-methyl/N-ethyl adjacent to an activating group) is 1. The zero-order valence-corrected chi connectivity index (χ0v) is 11.7. The lowest BCUT2D eigenvalue weighted by Crippen LogP contribution is -2.36. The molecular formula is C14H20FNO3. The second kappa shape index (κ2) is 6.52. The topological polar surface area (TPSA) is 49.8 Å². The molecule has 1 atom stereocenters. The summed E-state index contributed by atoms with van der Waals surface area (Å²) in [7, 11) is 1.69. The molecule has 0 saturated heterocycles. The molecular weight excluding hydrogens is 249 g/mol. The summed E-state index contributed by atoms with van der Waals surface area (Å²) in [6.07, 6.45) is -0.872. The number of aliphatic hydroxyl groups is 1. The van der Waals surface area contributed by atoms with Crippen LogP contribution in [0.25, 0.3) is 0 Å². The Morgan fingerprint density at radius 2 is 2.05 bits per heavy atom. The van der Waals surface area contributed by atoms with Gasteiger partial charge >= 0.3 is 0 Å². The van der Waals surface area contributed by atoms with E-state index in [2.05, 4.69) is 0 Å². The molecule has 0 radical (unpaired) electrons. The summed E-state index contributed by atoms with van der Waals surface area (Å²) in [5, 5.41) is 9.31. The number of carbonyl (C=O) groups is 1. The molecule has 5 heteroatoms. The third kappa shape index (κ3) is 4.21. The van der Waals surface area contributed by atoms with Gasteiger partial charge in [-0.1, -0.05) is 0 Å². The highest BCUT2D eigenvalue weighted by atomic mass is 19.1. The first kappa shape index (κ1) is 15.4. The number of benzene rings is 1. The summed E-state index contributed by atoms with van der Waals surface area (Å²) in [5.41, 5.74) is 0.206. The van der Waals surface area contributed by atoms with Gasteiger partial charge in [0.1, 0.15) is 11.6 Å². The van der Waals surface area contributed by atoms with Gasteiger partial charge in [0.25, 0.3) is 5.91 Å². The molecule has 0 aromatic heterocycles. The lowest BCUT2D eigenvalue weighted by molar-refractivity contribution is -0.133. The smallest absolute Gasteiger partial charge is 0.260 e. The lowest BCUT2D eigenvalue weighted by Gasteiger charge is -2.21. The second-order valence-electron chi connectivity index (χ2n) is 4.75. The number of ether oxygens (including phenoxy) is 1. The Bertz CT molecular complexity index is 446. The molecule has 19 heavy (non-hydrogen) atoms. The van der Waals surface area contributed by atoms with Crippen molar-refractivity contribution in [3.8, 4) is 5.75 Å². The van der Waals surface area contributed by atoms with E-state index in [9.17, 15) is 14.3 Å². The zero-order chi connectivity index (χ0) is 14.6. The maximum Gasteiger partial charge on any atom is 0.260 e. The van der Waals surface area contributed by atoms with Crippen LogP contribution >= 0.6 is 0 Å². The van der Waals surface area contributed by atoms with E-state index in [1.807, 2.05) is 13.8 Å². The molecule has 1 aromatic carbocycles. The second-order valence-corrected chi connectivity index (χ2v) is 4.75. The average Bonchev–Trinajstić information content (AvgIpc) is 2.34. The van der Waals surface area contributed by atoms with Crippen molar-refractivity contribution in [2.75, 3.05) is 13.7 Å². The Balaban J connectivity index is 2.64. The Morgan fingerprint density at radius 1 is 1.42 bits per heavy atom. The third-order valence-corrected chi connectivity index (χ3v) is 2.95. The van der Waals surface area contributed by atoms with E-state index in [1.165, 1.54) is 25.1 Å². The van der Waals surface area contributed by atoms with Crippen LogP contribution in [-0.4, -0.2) is 35.6 Å². The highest BCUT2D eigenvalue weighted by Gasteiger charge is 2.13. The van der Waals surface area contributed by atoms with Crippen LogP contribution in [0, 0.1) is 5.82 Å². The van der Waals surface area contributed by atoms with Crippen LogP contribution in [0.4, 0.5) is 4.39 Å². The van der Waals surface area contributed by atoms with E-state index >= 15 is 0 Å². The third-order valence-electron chi connectivity index (χ3n) is 2.95. The van der Waals surface area contributed by atoms with Gasteiger partial charge in [-0.25, -0.2) is 4.39 Å². The van der Waals surface area contributed by atoms with E-state index in [1.54, 1.807) is 11.9 Å². The number of carbonyl (C=O) groups excluding carboxylic acids is 1. The summed E-state index contributed by atoms with van der Waals surface area (Å²) < 4.78 is 18.8. The molecule has 0 heterocycles. The fraction of sp³-hybridized carbons (Fsp3) is 0.500. The van der Waals surface area contributed by atoms with E-state index in [0.29, 0.717) is 0 Å². The van der Waals surface area contributed by atoms with E-state index in [4.69, 9.17) is 4.74 Å². The van der Waals surface area contributed by atoms with Gasteiger partial charge in [0.05, 0.1) is 6.10 Å². The molecule has 0 aliphatic heterocycles. The van der Waals surface area contributed by atoms with Crippen molar-refractivity contribution in [2.24, 2.45) is 0 Å². The SMILES string of the molecule is CC(C)N(C)C(=O)COc1ccc([C@H](C)O)c(F)c1. The quantitative estimate of drug-likeness (QED) is 0.890. The van der Waals surface area contributed by atoms with E-state index in [-0.39, 0.29) is 29.9 Å². The molecule has 106 valence electrons. The first-order chi connectivity index (χ1) is 8.82. The largest absolute Gasteiger partial charge is 0.484 e. The van der Waals surface area contributed by atoms with Gasteiger partial charge in [-0.3, -0.25) is 4.79 Å². The van der Waals surface area contributed by atoms with Crippen LogP contribution in [0.1, 0.15) is 32.4 Å². The molecule has 0 aliphatic carbocycles. The number of hydrogen-bond acceptors (Lipinski definition) is 3. The predicted octanol–water partition coefficient (Wildman–Crippen LogP) is 2.12. The van der Waals surface area contributed by atoms with Gasteiger partial charge < -0.3 is 14.7 Å². The van der Waals surface area contributed by atoms with Gasteiger partial charge in [0.2, 0.25) is 0 Å². The predicted molar refractivity (Wildman–Crippen MR) is 70.4 cm³/mol. The van der Waals surface area contributed by atoms with Crippen molar-refractivity contribution >= 4 is 5.91 Å². The molecule has 4 nitrogen and oxygen atoms in total. The van der Waals surface area contributed by atoms with Gasteiger partial charge in [-0.2, -0.15) is 0 Å². The van der Waals surface area contributed by atoms with E-state index in [0.717, 1.165) is 0 Å². The Morgan fingerprint density at radius 3 is 2.53 bits per heavy atom. The van der Waals surface area contributed by atoms with Crippen molar-refractivity contribution < 1.29 is 19.0 Å². The van der Waals surface area contributed by atoms with Gasteiger partial charge in [-0.15, -0.1) is 0 Å². The number of nitrogens with zero attached hydrogens (tertiary/aromatic N) is 1. The van der Waals surface area contributed by atoms with Gasteiger partial charge in [0.15, 0.2) is 6.61 Å². The molecule has 1 amide bonds. The van der Waals surface area contributed by atoms with Crippen LogP contribution < -0.4 is 4.74 Å². The first-order valence-corrected chi connectivity index (χ1v) is 6.19. The Kier molecular flexibility index (Phi) is 5.30. The van der Waals surface area contributed by atoms with Crippen molar-refractivity contribution in [3.63, 3.8) is 0 Å². The molecule has 1 N–H and O–H groups in total. The molecule has 0 bridgehead atoms. The number of rotatable bonds is 5. The maximum absolute atomic E-state index is 13.6. The summed E-state index contributed by atoms with van der Waals surface area (Å²) in [5.74, 6) is -0.445. The fourth-order valence-electron chi connectivity index (χ4n) is 1.47.